The van der Waals surface area contributed by atoms with Gasteiger partial charge in [-0.3, -0.25) is 9.59 Å². The number of benzene rings is 1. The van der Waals surface area contributed by atoms with Crippen molar-refractivity contribution in [2.24, 2.45) is 5.41 Å². The first-order chi connectivity index (χ1) is 15.2. The summed E-state index contributed by atoms with van der Waals surface area (Å²) < 4.78 is 5.79. The molecule has 2 aromatic rings. The number of hydrogen-bond donors (Lipinski definition) is 0. The molecule has 32 heavy (non-hydrogen) atoms. The van der Waals surface area contributed by atoms with Gasteiger partial charge in [-0.25, -0.2) is 0 Å². The van der Waals surface area contributed by atoms with Crippen LogP contribution in [0.4, 0.5) is 0 Å². The van der Waals surface area contributed by atoms with Gasteiger partial charge in [-0.2, -0.15) is 0 Å². The number of hydrogen-bond acceptors (Lipinski definition) is 4. The summed E-state index contributed by atoms with van der Waals surface area (Å²) in [4.78, 5) is 31.5. The number of aryl methyl sites for hydroxylation is 1. The number of carbonyl (C=O) groups is 2. The van der Waals surface area contributed by atoms with Crippen molar-refractivity contribution < 1.29 is 14.3 Å². The van der Waals surface area contributed by atoms with Crippen LogP contribution in [0.15, 0.2) is 41.8 Å². The fraction of sp³-hybridized carbons (Fsp3) is 0.538. The minimum absolute atomic E-state index is 0.0216. The fourth-order valence-electron chi connectivity index (χ4n) is 3.89. The van der Waals surface area contributed by atoms with Crippen molar-refractivity contribution in [3.63, 3.8) is 0 Å². The van der Waals surface area contributed by atoms with Crippen LogP contribution >= 0.6 is 11.3 Å². The summed E-state index contributed by atoms with van der Waals surface area (Å²) in [6.07, 6.45) is 2.39. The van der Waals surface area contributed by atoms with E-state index in [0.717, 1.165) is 25.0 Å². The molecule has 1 aromatic heterocycles. The monoisotopic (exact) mass is 456 g/mol. The normalized spacial score (nSPS) is 16.2. The minimum atomic E-state index is -0.132. The highest BCUT2D eigenvalue weighted by Crippen LogP contribution is 2.23. The third kappa shape index (κ3) is 7.45. The molecule has 2 heterocycles. The summed E-state index contributed by atoms with van der Waals surface area (Å²) in [7, 11) is 0. The van der Waals surface area contributed by atoms with Crippen molar-refractivity contribution in [2.75, 3.05) is 19.7 Å². The second-order valence-electron chi connectivity index (χ2n) is 9.91. The Hall–Kier alpha value is -2.18. The van der Waals surface area contributed by atoms with E-state index in [9.17, 15) is 9.59 Å². The summed E-state index contributed by atoms with van der Waals surface area (Å²) in [6.45, 7) is 10.6. The fourth-order valence-corrected chi connectivity index (χ4v) is 4.81. The third-order valence-electron chi connectivity index (χ3n) is 5.68. The first kappa shape index (κ1) is 24.5. The van der Waals surface area contributed by atoms with Crippen molar-refractivity contribution >= 4 is 23.2 Å². The molecule has 0 saturated carbocycles. The molecule has 3 rings (SSSR count). The predicted molar refractivity (Wildman–Crippen MR) is 129 cm³/mol. The zero-order valence-electron chi connectivity index (χ0n) is 19.8. The van der Waals surface area contributed by atoms with Crippen molar-refractivity contribution in [2.45, 2.75) is 66.2 Å². The van der Waals surface area contributed by atoms with Crippen LogP contribution in [0.1, 0.15) is 56.0 Å². The Kier molecular flexibility index (Phi) is 8.49. The lowest BCUT2D eigenvalue weighted by atomic mass is 9.91. The molecule has 1 aliphatic rings. The highest BCUT2D eigenvalue weighted by atomic mass is 32.1. The van der Waals surface area contributed by atoms with Gasteiger partial charge in [-0.1, -0.05) is 51.1 Å². The molecule has 174 valence electrons. The lowest BCUT2D eigenvalue weighted by molar-refractivity contribution is -0.143. The van der Waals surface area contributed by atoms with Crippen molar-refractivity contribution in [3.05, 3.63) is 57.8 Å². The zero-order valence-corrected chi connectivity index (χ0v) is 20.6. The molecule has 0 N–H and O–H groups in total. The molecule has 5 nitrogen and oxygen atoms in total. The highest BCUT2D eigenvalue weighted by Gasteiger charge is 2.29. The van der Waals surface area contributed by atoms with E-state index >= 15 is 0 Å². The molecular formula is C26H36N2O3S. The van der Waals surface area contributed by atoms with Crippen LogP contribution in [0, 0.1) is 12.3 Å². The van der Waals surface area contributed by atoms with Crippen molar-refractivity contribution in [3.8, 4) is 0 Å². The maximum atomic E-state index is 13.5. The second-order valence-corrected chi connectivity index (χ2v) is 10.9. The van der Waals surface area contributed by atoms with E-state index in [2.05, 4.69) is 39.1 Å². The lowest BCUT2D eigenvalue weighted by Gasteiger charge is -2.31. The molecule has 0 radical (unpaired) electrons. The van der Waals surface area contributed by atoms with E-state index in [0.29, 0.717) is 26.1 Å². The Morgan fingerprint density at radius 2 is 1.81 bits per heavy atom. The summed E-state index contributed by atoms with van der Waals surface area (Å²) >= 11 is 1.67. The Labute approximate surface area is 196 Å². The van der Waals surface area contributed by atoms with Gasteiger partial charge >= 0.3 is 0 Å². The quantitative estimate of drug-likeness (QED) is 0.532. The smallest absolute Gasteiger partial charge is 0.242 e. The van der Waals surface area contributed by atoms with E-state index in [-0.39, 0.29) is 29.9 Å². The Morgan fingerprint density at radius 1 is 1.06 bits per heavy atom. The number of amides is 2. The van der Waals surface area contributed by atoms with Gasteiger partial charge in [0.15, 0.2) is 0 Å². The Bertz CT molecular complexity index is 882. The predicted octanol–water partition coefficient (Wildman–Crippen LogP) is 5.03. The number of carbonyl (C=O) groups excluding carboxylic acids is 2. The summed E-state index contributed by atoms with van der Waals surface area (Å²) in [6, 6.07) is 12.1. The molecule has 0 bridgehead atoms. The van der Waals surface area contributed by atoms with Gasteiger partial charge < -0.3 is 14.5 Å². The molecular weight excluding hydrogens is 420 g/mol. The second kappa shape index (κ2) is 11.1. The van der Waals surface area contributed by atoms with Gasteiger partial charge in [0.2, 0.25) is 11.8 Å². The van der Waals surface area contributed by atoms with Crippen LogP contribution < -0.4 is 0 Å². The van der Waals surface area contributed by atoms with Crippen LogP contribution in [-0.4, -0.2) is 47.4 Å². The molecule has 1 unspecified atom stereocenters. The van der Waals surface area contributed by atoms with E-state index in [1.54, 1.807) is 16.2 Å². The molecule has 1 aromatic carbocycles. The number of nitrogens with zero attached hydrogens (tertiary/aromatic N) is 2. The SMILES string of the molecule is Cc1ccsc1CN(Cc1ccccc1)C(=O)CN(CC1CCCO1)C(=O)CC(C)(C)C. The maximum Gasteiger partial charge on any atom is 0.242 e. The molecule has 1 fully saturated rings. The largest absolute Gasteiger partial charge is 0.376 e. The topological polar surface area (TPSA) is 49.9 Å². The summed E-state index contributed by atoms with van der Waals surface area (Å²) in [5.74, 6) is -0.00442. The number of ether oxygens (including phenoxy) is 1. The minimum Gasteiger partial charge on any atom is -0.376 e. The zero-order chi connectivity index (χ0) is 23.1. The van der Waals surface area contributed by atoms with Crippen molar-refractivity contribution in [1.29, 1.82) is 0 Å². The molecule has 1 saturated heterocycles. The summed E-state index contributed by atoms with van der Waals surface area (Å²) in [5.41, 5.74) is 2.15. The Balaban J connectivity index is 1.77. The van der Waals surface area contributed by atoms with Gasteiger partial charge in [0.05, 0.1) is 19.2 Å². The molecule has 0 aliphatic carbocycles. The average molecular weight is 457 g/mol. The average Bonchev–Trinajstić information content (AvgIpc) is 3.38. The lowest BCUT2D eigenvalue weighted by Crippen LogP contribution is -2.46. The Morgan fingerprint density at radius 3 is 2.41 bits per heavy atom. The molecule has 1 aliphatic heterocycles. The van der Waals surface area contributed by atoms with Crippen LogP contribution in [0.5, 0.6) is 0 Å². The highest BCUT2D eigenvalue weighted by molar-refractivity contribution is 7.10. The van der Waals surface area contributed by atoms with Crippen LogP contribution in [0.3, 0.4) is 0 Å². The standard InChI is InChI=1S/C26H36N2O3S/c1-20-12-14-32-23(20)18-27(16-21-9-6-5-7-10-21)25(30)19-28(17-22-11-8-13-31-22)24(29)15-26(2,3)4/h5-7,9-10,12,14,22H,8,11,13,15-19H2,1-4H3. The maximum absolute atomic E-state index is 13.5. The van der Waals surface area contributed by atoms with Crippen LogP contribution in [-0.2, 0) is 27.4 Å². The molecule has 0 spiro atoms. The van der Waals surface area contributed by atoms with Crippen LogP contribution in [0.2, 0.25) is 0 Å². The van der Waals surface area contributed by atoms with Gasteiger partial charge in [-0.15, -0.1) is 11.3 Å². The number of thiophene rings is 1. The number of rotatable bonds is 9. The van der Waals surface area contributed by atoms with E-state index < -0.39 is 0 Å². The molecule has 2 amide bonds. The molecule has 6 heteroatoms. The van der Waals surface area contributed by atoms with Crippen LogP contribution in [0.25, 0.3) is 0 Å². The summed E-state index contributed by atoms with van der Waals surface area (Å²) in [5, 5.41) is 2.06. The van der Waals surface area contributed by atoms with Gasteiger partial charge in [0.1, 0.15) is 0 Å². The van der Waals surface area contributed by atoms with Gasteiger partial charge in [0, 0.05) is 31.0 Å². The molecule has 1 atom stereocenters. The first-order valence-electron chi connectivity index (χ1n) is 11.5. The van der Waals surface area contributed by atoms with Gasteiger partial charge in [-0.05, 0) is 47.8 Å². The van der Waals surface area contributed by atoms with E-state index in [4.69, 9.17) is 4.74 Å². The van der Waals surface area contributed by atoms with E-state index in [1.165, 1.54) is 10.4 Å². The van der Waals surface area contributed by atoms with Gasteiger partial charge in [0.25, 0.3) is 0 Å². The third-order valence-corrected chi connectivity index (χ3v) is 6.69. The first-order valence-corrected chi connectivity index (χ1v) is 12.3. The van der Waals surface area contributed by atoms with E-state index in [1.807, 2.05) is 35.2 Å². The van der Waals surface area contributed by atoms with Crippen molar-refractivity contribution in [1.82, 2.24) is 9.80 Å².